The van der Waals surface area contributed by atoms with E-state index < -0.39 is 11.9 Å². The van der Waals surface area contributed by atoms with Crippen molar-refractivity contribution >= 4 is 11.9 Å². The number of benzene rings is 1. The van der Waals surface area contributed by atoms with Gasteiger partial charge in [-0.1, -0.05) is 25.8 Å². The molecule has 0 radical (unpaired) electrons. The number of hydrogen-bond acceptors (Lipinski definition) is 5. The molecule has 1 aromatic carbocycles. The van der Waals surface area contributed by atoms with Crippen LogP contribution in [0.1, 0.15) is 46.9 Å². The molecule has 0 fully saturated rings. The fraction of sp³-hybridized carbons (Fsp3) is 0.467. The Labute approximate surface area is 118 Å². The Bertz CT molecular complexity index is 467. The molecule has 0 saturated heterocycles. The van der Waals surface area contributed by atoms with Crippen LogP contribution in [0.5, 0.6) is 5.75 Å². The molecule has 0 saturated carbocycles. The highest BCUT2D eigenvalue weighted by atomic mass is 16.5. The van der Waals surface area contributed by atoms with E-state index in [1.165, 1.54) is 20.3 Å². The van der Waals surface area contributed by atoms with Gasteiger partial charge in [0.1, 0.15) is 11.3 Å². The summed E-state index contributed by atoms with van der Waals surface area (Å²) in [5, 5.41) is 0. The number of carbonyl (C=O) groups excluding carboxylic acids is 2. The predicted molar refractivity (Wildman–Crippen MR) is 74.1 cm³/mol. The third kappa shape index (κ3) is 3.98. The Balaban J connectivity index is 3.03. The van der Waals surface area contributed by atoms with Gasteiger partial charge in [0, 0.05) is 0 Å². The van der Waals surface area contributed by atoms with Crippen LogP contribution in [0.3, 0.4) is 0 Å². The first-order valence-corrected chi connectivity index (χ1v) is 6.58. The summed E-state index contributed by atoms with van der Waals surface area (Å²) in [6.07, 6.45) is 3.01. The average molecular weight is 280 g/mol. The summed E-state index contributed by atoms with van der Waals surface area (Å²) < 4.78 is 15.0. The zero-order chi connectivity index (χ0) is 15.0. The highest BCUT2D eigenvalue weighted by Gasteiger charge is 2.23. The van der Waals surface area contributed by atoms with Crippen molar-refractivity contribution in [2.75, 3.05) is 20.8 Å². The zero-order valence-electron chi connectivity index (χ0n) is 12.1. The van der Waals surface area contributed by atoms with E-state index in [9.17, 15) is 9.59 Å². The number of carbonyl (C=O) groups is 2. The quantitative estimate of drug-likeness (QED) is 0.567. The van der Waals surface area contributed by atoms with E-state index in [1.54, 1.807) is 12.1 Å². The number of methoxy groups -OCH3 is 2. The van der Waals surface area contributed by atoms with Crippen molar-refractivity contribution in [3.05, 3.63) is 29.3 Å². The Morgan fingerprint density at radius 2 is 1.75 bits per heavy atom. The zero-order valence-corrected chi connectivity index (χ0v) is 12.1. The summed E-state index contributed by atoms with van der Waals surface area (Å²) in [7, 11) is 2.52. The van der Waals surface area contributed by atoms with Crippen LogP contribution in [-0.4, -0.2) is 32.8 Å². The van der Waals surface area contributed by atoms with Crippen molar-refractivity contribution in [3.8, 4) is 5.75 Å². The van der Waals surface area contributed by atoms with Crippen molar-refractivity contribution < 1.29 is 23.8 Å². The molecular weight excluding hydrogens is 260 g/mol. The van der Waals surface area contributed by atoms with Gasteiger partial charge < -0.3 is 14.2 Å². The molecule has 0 bridgehead atoms. The van der Waals surface area contributed by atoms with Crippen LogP contribution in [-0.2, 0) is 9.47 Å². The van der Waals surface area contributed by atoms with Crippen LogP contribution >= 0.6 is 0 Å². The number of unbranched alkanes of at least 4 members (excludes halogenated alkanes) is 2. The van der Waals surface area contributed by atoms with Gasteiger partial charge in [-0.15, -0.1) is 0 Å². The van der Waals surface area contributed by atoms with E-state index >= 15 is 0 Å². The van der Waals surface area contributed by atoms with Gasteiger partial charge in [-0.2, -0.15) is 0 Å². The van der Waals surface area contributed by atoms with Crippen LogP contribution in [0.25, 0.3) is 0 Å². The molecule has 1 aromatic rings. The Hall–Kier alpha value is -2.04. The van der Waals surface area contributed by atoms with Crippen molar-refractivity contribution in [1.29, 1.82) is 0 Å². The lowest BCUT2D eigenvalue weighted by molar-refractivity contribution is 0.0551. The van der Waals surface area contributed by atoms with E-state index in [2.05, 4.69) is 11.7 Å². The van der Waals surface area contributed by atoms with Crippen LogP contribution in [0.4, 0.5) is 0 Å². The second kappa shape index (κ2) is 8.19. The molecule has 0 unspecified atom stereocenters. The minimum Gasteiger partial charge on any atom is -0.493 e. The van der Waals surface area contributed by atoms with Gasteiger partial charge in [-0.05, 0) is 18.6 Å². The molecule has 0 aliphatic heterocycles. The van der Waals surface area contributed by atoms with Crippen molar-refractivity contribution in [3.63, 3.8) is 0 Å². The summed E-state index contributed by atoms with van der Waals surface area (Å²) in [4.78, 5) is 23.6. The summed E-state index contributed by atoms with van der Waals surface area (Å²) in [5.41, 5.74) is 0.255. The Kier molecular flexibility index (Phi) is 6.56. The summed E-state index contributed by atoms with van der Waals surface area (Å²) in [6.45, 7) is 2.58. The maximum Gasteiger partial charge on any atom is 0.342 e. The summed E-state index contributed by atoms with van der Waals surface area (Å²) in [6, 6.07) is 4.80. The molecule has 0 aliphatic rings. The van der Waals surface area contributed by atoms with Crippen LogP contribution in [0.15, 0.2) is 18.2 Å². The smallest absolute Gasteiger partial charge is 0.342 e. The summed E-state index contributed by atoms with van der Waals surface area (Å²) in [5.74, 6) is -0.864. The van der Waals surface area contributed by atoms with Gasteiger partial charge in [0.15, 0.2) is 0 Å². The van der Waals surface area contributed by atoms with Crippen molar-refractivity contribution in [1.82, 2.24) is 0 Å². The van der Waals surface area contributed by atoms with E-state index in [4.69, 9.17) is 9.47 Å². The minimum absolute atomic E-state index is 0.110. The second-order valence-electron chi connectivity index (χ2n) is 4.22. The fourth-order valence-electron chi connectivity index (χ4n) is 1.78. The maximum atomic E-state index is 11.9. The molecule has 0 aromatic heterocycles. The van der Waals surface area contributed by atoms with Gasteiger partial charge in [-0.3, -0.25) is 0 Å². The molecule has 0 amide bonds. The van der Waals surface area contributed by atoms with Gasteiger partial charge in [-0.25, -0.2) is 9.59 Å². The number of ether oxygens (including phenoxy) is 3. The first-order chi connectivity index (χ1) is 9.65. The molecule has 5 nitrogen and oxygen atoms in total. The fourth-order valence-corrected chi connectivity index (χ4v) is 1.78. The highest BCUT2D eigenvalue weighted by Crippen LogP contribution is 2.24. The van der Waals surface area contributed by atoms with Gasteiger partial charge in [0.25, 0.3) is 0 Å². The molecular formula is C15H20O5. The third-order valence-electron chi connectivity index (χ3n) is 2.83. The van der Waals surface area contributed by atoms with Gasteiger partial charge in [0.2, 0.25) is 0 Å². The van der Waals surface area contributed by atoms with E-state index in [0.29, 0.717) is 12.4 Å². The van der Waals surface area contributed by atoms with Crippen LogP contribution in [0.2, 0.25) is 0 Å². The standard InChI is InChI=1S/C15H20O5/c1-4-5-6-10-20-12-9-7-8-11(14(16)18-2)13(12)15(17)19-3/h7-9H,4-6,10H2,1-3H3. The molecule has 0 spiro atoms. The normalized spacial score (nSPS) is 9.95. The topological polar surface area (TPSA) is 61.8 Å². The Morgan fingerprint density at radius 3 is 2.35 bits per heavy atom. The number of hydrogen-bond donors (Lipinski definition) is 0. The van der Waals surface area contributed by atoms with Crippen LogP contribution < -0.4 is 4.74 Å². The molecule has 0 aliphatic carbocycles. The monoisotopic (exact) mass is 280 g/mol. The molecule has 1 rings (SSSR count). The average Bonchev–Trinajstić information content (AvgIpc) is 2.49. The molecule has 0 atom stereocenters. The van der Waals surface area contributed by atoms with Gasteiger partial charge in [0.05, 0.1) is 26.4 Å². The second-order valence-corrected chi connectivity index (χ2v) is 4.22. The number of esters is 2. The maximum absolute atomic E-state index is 11.9. The van der Waals surface area contributed by atoms with E-state index in [0.717, 1.165) is 19.3 Å². The number of rotatable bonds is 7. The third-order valence-corrected chi connectivity index (χ3v) is 2.83. The molecule has 20 heavy (non-hydrogen) atoms. The van der Waals surface area contributed by atoms with E-state index in [-0.39, 0.29) is 11.1 Å². The van der Waals surface area contributed by atoms with Gasteiger partial charge >= 0.3 is 11.9 Å². The molecule has 0 N–H and O–H groups in total. The minimum atomic E-state index is -0.614. The lowest BCUT2D eigenvalue weighted by Gasteiger charge is -2.13. The summed E-state index contributed by atoms with van der Waals surface area (Å²) >= 11 is 0. The largest absolute Gasteiger partial charge is 0.493 e. The lowest BCUT2D eigenvalue weighted by Crippen LogP contribution is -2.14. The SMILES string of the molecule is CCCCCOc1cccc(C(=O)OC)c1C(=O)OC. The lowest BCUT2D eigenvalue weighted by atomic mass is 10.1. The molecule has 110 valence electrons. The van der Waals surface area contributed by atoms with E-state index in [1.807, 2.05) is 0 Å². The molecule has 5 heteroatoms. The predicted octanol–water partition coefficient (Wildman–Crippen LogP) is 2.83. The first kappa shape index (κ1) is 16.0. The Morgan fingerprint density at radius 1 is 1.05 bits per heavy atom. The van der Waals surface area contributed by atoms with Crippen molar-refractivity contribution in [2.24, 2.45) is 0 Å². The highest BCUT2D eigenvalue weighted by molar-refractivity contribution is 6.05. The first-order valence-electron chi connectivity index (χ1n) is 6.58. The van der Waals surface area contributed by atoms with Crippen LogP contribution in [0, 0.1) is 0 Å². The van der Waals surface area contributed by atoms with Crippen molar-refractivity contribution in [2.45, 2.75) is 26.2 Å². The molecule has 0 heterocycles.